The van der Waals surface area contributed by atoms with Gasteiger partial charge in [-0.05, 0) is 24.3 Å². The second kappa shape index (κ2) is 6.05. The predicted molar refractivity (Wildman–Crippen MR) is 69.5 cm³/mol. The average molecular weight is 220 g/mol. The van der Waals surface area contributed by atoms with Crippen LogP contribution in [0.25, 0.3) is 0 Å². The van der Waals surface area contributed by atoms with Gasteiger partial charge in [0, 0.05) is 6.42 Å². The van der Waals surface area contributed by atoms with Crippen LogP contribution in [0.15, 0.2) is 30.3 Å². The van der Waals surface area contributed by atoms with Crippen LogP contribution < -0.4 is 0 Å². The lowest BCUT2D eigenvalue weighted by atomic mass is 9.83. The van der Waals surface area contributed by atoms with Gasteiger partial charge in [-0.25, -0.2) is 0 Å². The molecule has 1 aromatic carbocycles. The van der Waals surface area contributed by atoms with Crippen molar-refractivity contribution in [1.29, 1.82) is 0 Å². The Morgan fingerprint density at radius 2 is 1.81 bits per heavy atom. The van der Waals surface area contributed by atoms with Gasteiger partial charge in [0.15, 0.2) is 0 Å². The highest BCUT2D eigenvalue weighted by molar-refractivity contribution is 5.17. The highest BCUT2D eigenvalue weighted by Gasteiger charge is 2.26. The van der Waals surface area contributed by atoms with Gasteiger partial charge in [-0.1, -0.05) is 57.5 Å². The molecule has 1 N–H and O–H groups in total. The molecule has 1 aromatic rings. The third-order valence-corrected chi connectivity index (χ3v) is 3.46. The largest absolute Gasteiger partial charge is 0.390 e. The molecule has 2 atom stereocenters. The van der Waals surface area contributed by atoms with Crippen LogP contribution in [0.5, 0.6) is 0 Å². The number of aliphatic hydroxyl groups is 1. The molecule has 0 aliphatic rings. The molecule has 0 saturated heterocycles. The first kappa shape index (κ1) is 13.2. The number of benzene rings is 1. The van der Waals surface area contributed by atoms with Crippen LogP contribution in [0.1, 0.15) is 45.6 Å². The Kier molecular flexibility index (Phi) is 5.01. The minimum Gasteiger partial charge on any atom is -0.390 e. The maximum Gasteiger partial charge on any atom is 0.0687 e. The lowest BCUT2D eigenvalue weighted by Gasteiger charge is -2.29. The first-order valence-corrected chi connectivity index (χ1v) is 6.36. The number of rotatable bonds is 6. The highest BCUT2D eigenvalue weighted by Crippen LogP contribution is 2.26. The molecular weight excluding hydrogens is 196 g/mol. The molecule has 2 unspecified atom stereocenters. The van der Waals surface area contributed by atoms with Crippen molar-refractivity contribution in [2.45, 2.75) is 52.1 Å². The van der Waals surface area contributed by atoms with Crippen molar-refractivity contribution in [3.63, 3.8) is 0 Å². The zero-order chi connectivity index (χ0) is 12.0. The van der Waals surface area contributed by atoms with E-state index in [2.05, 4.69) is 32.9 Å². The predicted octanol–water partition coefficient (Wildman–Crippen LogP) is 3.81. The van der Waals surface area contributed by atoms with E-state index in [1.165, 1.54) is 5.56 Å². The molecule has 16 heavy (non-hydrogen) atoms. The van der Waals surface area contributed by atoms with Gasteiger partial charge in [0.25, 0.3) is 0 Å². The Morgan fingerprint density at radius 1 is 1.19 bits per heavy atom. The van der Waals surface area contributed by atoms with Crippen LogP contribution >= 0.6 is 0 Å². The quantitative estimate of drug-likeness (QED) is 0.773. The summed E-state index contributed by atoms with van der Waals surface area (Å²) < 4.78 is 0. The van der Waals surface area contributed by atoms with Gasteiger partial charge in [-0.15, -0.1) is 0 Å². The maximum absolute atomic E-state index is 10.6. The molecule has 1 rings (SSSR count). The van der Waals surface area contributed by atoms with Crippen LogP contribution in [0.3, 0.4) is 0 Å². The van der Waals surface area contributed by atoms with Crippen LogP contribution in [0.4, 0.5) is 0 Å². The van der Waals surface area contributed by atoms with Crippen LogP contribution in [0.2, 0.25) is 0 Å². The zero-order valence-corrected chi connectivity index (χ0v) is 10.7. The van der Waals surface area contributed by atoms with Crippen molar-refractivity contribution in [2.75, 3.05) is 0 Å². The summed E-state index contributed by atoms with van der Waals surface area (Å²) in [5.41, 5.74) is 0.701. The Morgan fingerprint density at radius 3 is 2.31 bits per heavy atom. The molecule has 0 heterocycles. The van der Waals surface area contributed by atoms with E-state index < -0.39 is 5.60 Å². The summed E-state index contributed by atoms with van der Waals surface area (Å²) in [7, 11) is 0. The monoisotopic (exact) mass is 220 g/mol. The Balaban J connectivity index is 2.66. The van der Waals surface area contributed by atoms with Crippen molar-refractivity contribution in [3.8, 4) is 0 Å². The third-order valence-electron chi connectivity index (χ3n) is 3.46. The summed E-state index contributed by atoms with van der Waals surface area (Å²) in [4.78, 5) is 0. The van der Waals surface area contributed by atoms with Gasteiger partial charge in [0.2, 0.25) is 0 Å². The Bertz CT molecular complexity index is 294. The van der Waals surface area contributed by atoms with E-state index in [0.717, 1.165) is 25.7 Å². The molecule has 0 aliphatic carbocycles. The standard InChI is InChI=1S/C15H24O/c1-4-13(3)11-15(16,5-2)12-14-9-7-6-8-10-14/h6-10,13,16H,4-5,11-12H2,1-3H3. The van der Waals surface area contributed by atoms with E-state index in [1.54, 1.807) is 0 Å². The third kappa shape index (κ3) is 3.97. The van der Waals surface area contributed by atoms with Crippen molar-refractivity contribution in [3.05, 3.63) is 35.9 Å². The zero-order valence-electron chi connectivity index (χ0n) is 10.7. The summed E-state index contributed by atoms with van der Waals surface area (Å²) in [6, 6.07) is 10.3. The SMILES string of the molecule is CCC(C)CC(O)(CC)Cc1ccccc1. The van der Waals surface area contributed by atoms with Crippen molar-refractivity contribution in [2.24, 2.45) is 5.92 Å². The molecule has 0 bridgehead atoms. The second-order valence-corrected chi connectivity index (χ2v) is 4.96. The van der Waals surface area contributed by atoms with Gasteiger partial charge in [0.1, 0.15) is 0 Å². The molecule has 1 heteroatoms. The van der Waals surface area contributed by atoms with E-state index in [4.69, 9.17) is 0 Å². The minimum absolute atomic E-state index is 0.531. The molecule has 0 spiro atoms. The molecule has 0 saturated carbocycles. The molecule has 0 aromatic heterocycles. The van der Waals surface area contributed by atoms with Gasteiger partial charge in [-0.3, -0.25) is 0 Å². The van der Waals surface area contributed by atoms with Crippen molar-refractivity contribution >= 4 is 0 Å². The van der Waals surface area contributed by atoms with E-state index >= 15 is 0 Å². The van der Waals surface area contributed by atoms with Crippen LogP contribution in [0, 0.1) is 5.92 Å². The molecule has 0 fully saturated rings. The summed E-state index contributed by atoms with van der Waals surface area (Å²) in [5, 5.41) is 10.6. The number of hydrogen-bond acceptors (Lipinski definition) is 1. The maximum atomic E-state index is 10.6. The van der Waals surface area contributed by atoms with Crippen LogP contribution in [-0.4, -0.2) is 10.7 Å². The molecule has 0 radical (unpaired) electrons. The summed E-state index contributed by atoms with van der Waals surface area (Å²) in [5.74, 6) is 0.591. The Labute approximate surface area is 99.5 Å². The fourth-order valence-electron chi connectivity index (χ4n) is 2.11. The molecule has 0 amide bonds. The lowest BCUT2D eigenvalue weighted by molar-refractivity contribution is 0.0135. The fraction of sp³-hybridized carbons (Fsp3) is 0.600. The topological polar surface area (TPSA) is 20.2 Å². The average Bonchev–Trinajstić information content (AvgIpc) is 2.30. The molecule has 1 nitrogen and oxygen atoms in total. The Hall–Kier alpha value is -0.820. The first-order valence-electron chi connectivity index (χ1n) is 6.36. The van der Waals surface area contributed by atoms with Gasteiger partial charge < -0.3 is 5.11 Å². The van der Waals surface area contributed by atoms with E-state index in [0.29, 0.717) is 5.92 Å². The number of hydrogen-bond donors (Lipinski definition) is 1. The minimum atomic E-state index is -0.531. The second-order valence-electron chi connectivity index (χ2n) is 4.96. The first-order chi connectivity index (χ1) is 7.59. The molecule has 90 valence electrons. The van der Waals surface area contributed by atoms with Crippen molar-refractivity contribution < 1.29 is 5.11 Å². The molecular formula is C15H24O. The summed E-state index contributed by atoms with van der Waals surface area (Å²) in [6.45, 7) is 6.47. The summed E-state index contributed by atoms with van der Waals surface area (Å²) in [6.07, 6.45) is 3.63. The lowest BCUT2D eigenvalue weighted by Crippen LogP contribution is -2.32. The van der Waals surface area contributed by atoms with Gasteiger partial charge in [-0.2, -0.15) is 0 Å². The van der Waals surface area contributed by atoms with E-state index in [1.807, 2.05) is 18.2 Å². The van der Waals surface area contributed by atoms with E-state index in [-0.39, 0.29) is 0 Å². The van der Waals surface area contributed by atoms with Gasteiger partial charge in [0.05, 0.1) is 5.60 Å². The summed E-state index contributed by atoms with van der Waals surface area (Å²) >= 11 is 0. The van der Waals surface area contributed by atoms with Gasteiger partial charge >= 0.3 is 0 Å². The highest BCUT2D eigenvalue weighted by atomic mass is 16.3. The normalized spacial score (nSPS) is 16.8. The molecule has 0 aliphatic heterocycles. The smallest absolute Gasteiger partial charge is 0.0687 e. The fourth-order valence-corrected chi connectivity index (χ4v) is 2.11. The van der Waals surface area contributed by atoms with Crippen LogP contribution in [-0.2, 0) is 6.42 Å². The van der Waals surface area contributed by atoms with E-state index in [9.17, 15) is 5.11 Å². The van der Waals surface area contributed by atoms with Crippen molar-refractivity contribution in [1.82, 2.24) is 0 Å².